The normalized spacial score (nSPS) is 17.2. The van der Waals surface area contributed by atoms with Crippen molar-refractivity contribution in [2.45, 2.75) is 25.4 Å². The molecule has 0 N–H and O–H groups in total. The van der Waals surface area contributed by atoms with Crippen LogP contribution in [-0.2, 0) is 6.18 Å². The second kappa shape index (κ2) is 4.24. The summed E-state index contributed by atoms with van der Waals surface area (Å²) in [6, 6.07) is 0. The van der Waals surface area contributed by atoms with Crippen LogP contribution in [0.4, 0.5) is 18.3 Å². The molecular formula is C10H13F3N2S. The van der Waals surface area contributed by atoms with E-state index in [1.165, 1.54) is 19.3 Å². The molecule has 1 heterocycles. The van der Waals surface area contributed by atoms with Gasteiger partial charge in [-0.05, 0) is 18.8 Å². The van der Waals surface area contributed by atoms with E-state index in [2.05, 4.69) is 4.98 Å². The van der Waals surface area contributed by atoms with E-state index in [1.807, 2.05) is 4.90 Å². The number of aromatic nitrogens is 1. The first-order chi connectivity index (χ1) is 7.47. The topological polar surface area (TPSA) is 16.1 Å². The van der Waals surface area contributed by atoms with Crippen molar-refractivity contribution in [3.63, 3.8) is 0 Å². The molecular weight excluding hydrogens is 237 g/mol. The summed E-state index contributed by atoms with van der Waals surface area (Å²) in [6.07, 6.45) is 0.248. The Kier molecular flexibility index (Phi) is 3.10. The number of rotatable bonds is 3. The molecule has 1 saturated carbocycles. The molecule has 6 heteroatoms. The molecule has 0 saturated heterocycles. The van der Waals surface area contributed by atoms with Crippen LogP contribution >= 0.6 is 11.3 Å². The van der Waals surface area contributed by atoms with Gasteiger partial charge in [-0.15, -0.1) is 0 Å². The highest BCUT2D eigenvalue weighted by atomic mass is 32.1. The maximum Gasteiger partial charge on any atom is 0.427 e. The zero-order chi connectivity index (χ0) is 11.8. The van der Waals surface area contributed by atoms with Crippen LogP contribution < -0.4 is 4.90 Å². The Labute approximate surface area is 96.1 Å². The molecule has 1 aliphatic rings. The monoisotopic (exact) mass is 250 g/mol. The summed E-state index contributed by atoms with van der Waals surface area (Å²) in [5.74, 6) is 0.628. The summed E-state index contributed by atoms with van der Waals surface area (Å²) >= 11 is 0.714. The summed E-state index contributed by atoms with van der Waals surface area (Å²) in [6.45, 7) is 0.810. The maximum atomic E-state index is 12.4. The highest BCUT2D eigenvalue weighted by Gasteiger charge is 2.33. The lowest BCUT2D eigenvalue weighted by Crippen LogP contribution is -2.29. The number of halogens is 3. The zero-order valence-corrected chi connectivity index (χ0v) is 9.74. The average molecular weight is 250 g/mol. The molecule has 0 radical (unpaired) electrons. The van der Waals surface area contributed by atoms with E-state index in [4.69, 9.17) is 0 Å². The van der Waals surface area contributed by atoms with Crippen LogP contribution in [0.3, 0.4) is 0 Å². The maximum absolute atomic E-state index is 12.4. The molecule has 90 valence electrons. The van der Waals surface area contributed by atoms with Crippen LogP contribution in [0.5, 0.6) is 0 Å². The Morgan fingerprint density at radius 3 is 2.62 bits per heavy atom. The third-order valence-corrected chi connectivity index (χ3v) is 4.01. The van der Waals surface area contributed by atoms with E-state index in [1.54, 1.807) is 7.05 Å². The molecule has 1 aliphatic carbocycles. The summed E-state index contributed by atoms with van der Waals surface area (Å²) in [5, 5.41) is 0.458. The van der Waals surface area contributed by atoms with Gasteiger partial charge in [0.25, 0.3) is 0 Å². The number of thiazole rings is 1. The third kappa shape index (κ3) is 2.48. The van der Waals surface area contributed by atoms with Crippen LogP contribution in [0.1, 0.15) is 24.1 Å². The highest BCUT2D eigenvalue weighted by molar-refractivity contribution is 7.15. The number of hydrogen-bond acceptors (Lipinski definition) is 3. The lowest BCUT2D eigenvalue weighted by molar-refractivity contribution is -0.134. The predicted molar refractivity (Wildman–Crippen MR) is 57.7 cm³/mol. The van der Waals surface area contributed by atoms with Gasteiger partial charge in [-0.2, -0.15) is 13.2 Å². The van der Waals surface area contributed by atoms with E-state index in [0.717, 1.165) is 12.7 Å². The van der Waals surface area contributed by atoms with Gasteiger partial charge in [-0.25, -0.2) is 4.98 Å². The Balaban J connectivity index is 2.00. The molecule has 1 aromatic heterocycles. The number of nitrogens with zero attached hydrogens (tertiary/aromatic N) is 2. The van der Waals surface area contributed by atoms with Crippen molar-refractivity contribution in [3.8, 4) is 0 Å². The van der Waals surface area contributed by atoms with Gasteiger partial charge in [0, 0.05) is 13.6 Å². The van der Waals surface area contributed by atoms with E-state index < -0.39 is 11.1 Å². The lowest BCUT2D eigenvalue weighted by atomic mass is 9.85. The SMILES string of the molecule is CN(CC1CCC1)c1ncc(C(F)(F)F)s1. The molecule has 2 nitrogen and oxygen atoms in total. The van der Waals surface area contributed by atoms with Gasteiger partial charge in [-0.3, -0.25) is 0 Å². The van der Waals surface area contributed by atoms with Gasteiger partial charge in [-0.1, -0.05) is 17.8 Å². The van der Waals surface area contributed by atoms with Crippen LogP contribution in [-0.4, -0.2) is 18.6 Å². The van der Waals surface area contributed by atoms with E-state index in [0.29, 0.717) is 22.4 Å². The summed E-state index contributed by atoms with van der Waals surface area (Å²) in [7, 11) is 1.80. The van der Waals surface area contributed by atoms with Gasteiger partial charge < -0.3 is 4.90 Å². The summed E-state index contributed by atoms with van der Waals surface area (Å²) < 4.78 is 37.1. The van der Waals surface area contributed by atoms with E-state index >= 15 is 0 Å². The second-order valence-corrected chi connectivity index (χ2v) is 5.19. The molecule has 1 aromatic rings. The zero-order valence-electron chi connectivity index (χ0n) is 8.92. The molecule has 0 unspecified atom stereocenters. The standard InChI is InChI=1S/C10H13F3N2S/c1-15(6-7-3-2-4-7)9-14-5-8(16-9)10(11,12)13/h5,7H,2-4,6H2,1H3. The van der Waals surface area contributed by atoms with Crippen molar-refractivity contribution in [1.82, 2.24) is 4.98 Å². The van der Waals surface area contributed by atoms with Gasteiger partial charge in [0.1, 0.15) is 4.88 Å². The van der Waals surface area contributed by atoms with Gasteiger partial charge in [0.2, 0.25) is 0 Å². The van der Waals surface area contributed by atoms with Crippen LogP contribution in [0.25, 0.3) is 0 Å². The predicted octanol–water partition coefficient (Wildman–Crippen LogP) is 3.40. The van der Waals surface area contributed by atoms with Gasteiger partial charge in [0.05, 0.1) is 6.20 Å². The number of anilines is 1. The van der Waals surface area contributed by atoms with Crippen LogP contribution in [0.2, 0.25) is 0 Å². The molecule has 0 atom stereocenters. The van der Waals surface area contributed by atoms with Crippen LogP contribution in [0.15, 0.2) is 6.20 Å². The Morgan fingerprint density at radius 2 is 2.19 bits per heavy atom. The Morgan fingerprint density at radius 1 is 1.50 bits per heavy atom. The minimum absolute atomic E-state index is 0.458. The fourth-order valence-electron chi connectivity index (χ4n) is 1.71. The molecule has 16 heavy (non-hydrogen) atoms. The lowest BCUT2D eigenvalue weighted by Gasteiger charge is -2.29. The molecule has 2 rings (SSSR count). The second-order valence-electron chi connectivity index (χ2n) is 4.18. The molecule has 0 aromatic carbocycles. The van der Waals surface area contributed by atoms with Crippen molar-refractivity contribution in [2.24, 2.45) is 5.92 Å². The first-order valence-electron chi connectivity index (χ1n) is 5.21. The minimum Gasteiger partial charge on any atom is -0.351 e. The molecule has 0 aliphatic heterocycles. The van der Waals surface area contributed by atoms with Gasteiger partial charge in [0.15, 0.2) is 5.13 Å². The van der Waals surface area contributed by atoms with E-state index in [-0.39, 0.29) is 0 Å². The van der Waals surface area contributed by atoms with Crippen molar-refractivity contribution >= 4 is 16.5 Å². The quantitative estimate of drug-likeness (QED) is 0.817. The molecule has 0 bridgehead atoms. The first kappa shape index (κ1) is 11.7. The minimum atomic E-state index is -4.27. The number of alkyl halides is 3. The van der Waals surface area contributed by atoms with Crippen molar-refractivity contribution in [2.75, 3.05) is 18.5 Å². The average Bonchev–Trinajstić information content (AvgIpc) is 2.58. The third-order valence-electron chi connectivity index (χ3n) is 2.86. The van der Waals surface area contributed by atoms with Crippen LogP contribution in [0, 0.1) is 5.92 Å². The van der Waals surface area contributed by atoms with Crippen molar-refractivity contribution in [3.05, 3.63) is 11.1 Å². The Hall–Kier alpha value is -0.780. The molecule has 1 fully saturated rings. The van der Waals surface area contributed by atoms with Crippen molar-refractivity contribution in [1.29, 1.82) is 0 Å². The summed E-state index contributed by atoms with van der Waals surface area (Å²) in [5.41, 5.74) is 0. The number of hydrogen-bond donors (Lipinski definition) is 0. The largest absolute Gasteiger partial charge is 0.427 e. The fraction of sp³-hybridized carbons (Fsp3) is 0.700. The smallest absolute Gasteiger partial charge is 0.351 e. The molecule has 0 spiro atoms. The molecule has 0 amide bonds. The first-order valence-corrected chi connectivity index (χ1v) is 6.02. The van der Waals surface area contributed by atoms with Crippen molar-refractivity contribution < 1.29 is 13.2 Å². The van der Waals surface area contributed by atoms with E-state index in [9.17, 15) is 13.2 Å². The fourth-order valence-corrected chi connectivity index (χ4v) is 2.47. The van der Waals surface area contributed by atoms with Gasteiger partial charge >= 0.3 is 6.18 Å². The Bertz CT molecular complexity index is 357. The highest BCUT2D eigenvalue weighted by Crippen LogP contribution is 2.36. The summed E-state index contributed by atoms with van der Waals surface area (Å²) in [4.78, 5) is 5.02.